The smallest absolute Gasteiger partial charge is 0.159 e. The predicted octanol–water partition coefficient (Wildman–Crippen LogP) is 14.3. The van der Waals surface area contributed by atoms with E-state index < -0.39 is 7.92 Å². The molecule has 0 bridgehead atoms. The Bertz CT molecular complexity index is 2530. The summed E-state index contributed by atoms with van der Waals surface area (Å²) < 4.78 is 0.669. The minimum absolute atomic E-state index is 0. The normalized spacial score (nSPS) is 11.7. The Morgan fingerprint density at radius 3 is 1.03 bits per heavy atom. The third kappa shape index (κ3) is 8.15. The molecule has 0 spiro atoms. The molecule has 5 heteroatoms. The van der Waals surface area contributed by atoms with E-state index in [2.05, 4.69) is 227 Å². The fourth-order valence-corrected chi connectivity index (χ4v) is 11.9. The predicted molar refractivity (Wildman–Crippen MR) is 259 cm³/mol. The fraction of sp³-hybridized carbons (Fsp3) is 0.0909. The van der Waals surface area contributed by atoms with E-state index in [1.807, 2.05) is 12.1 Å². The van der Waals surface area contributed by atoms with Crippen molar-refractivity contribution in [2.75, 3.05) is 0 Å². The van der Waals surface area contributed by atoms with Crippen molar-refractivity contribution >= 4 is 74.5 Å². The molecule has 0 atom stereocenters. The Kier molecular flexibility index (Phi) is 13.0. The number of hydrogen-bond acceptors (Lipinski definition) is 0. The summed E-state index contributed by atoms with van der Waals surface area (Å²) in [5.41, 5.74) is 12.0. The molecule has 0 unspecified atom stereocenters. The molecule has 8 aromatic carbocycles. The van der Waals surface area contributed by atoms with Gasteiger partial charge in [-0.1, -0.05) is 133 Å². The van der Waals surface area contributed by atoms with Gasteiger partial charge in [0.2, 0.25) is 0 Å². The van der Waals surface area contributed by atoms with Gasteiger partial charge >= 0.3 is 0 Å². The first-order chi connectivity index (χ1) is 28.7. The van der Waals surface area contributed by atoms with Crippen molar-refractivity contribution in [1.82, 2.24) is 14.0 Å². The Morgan fingerprint density at radius 2 is 0.717 bits per heavy atom. The Labute approximate surface area is 368 Å². The maximum Gasteiger partial charge on any atom is 0.159 e. The molecule has 1 heterocycles. The van der Waals surface area contributed by atoms with E-state index in [9.17, 15) is 0 Å². The summed E-state index contributed by atoms with van der Waals surface area (Å²) in [6.07, 6.45) is 0. The summed E-state index contributed by atoms with van der Waals surface area (Å²) in [5, 5.41) is 5.25. The number of quaternary nitrogens is 2. The van der Waals surface area contributed by atoms with Crippen LogP contribution in [0.1, 0.15) is 25.0 Å². The average molecular weight is 850 g/mol. The average Bonchev–Trinajstić information content (AvgIpc) is 3.66. The van der Waals surface area contributed by atoms with Crippen LogP contribution in [0.4, 0.5) is 34.1 Å². The first kappa shape index (κ1) is 42.5. The summed E-state index contributed by atoms with van der Waals surface area (Å²) in [6.45, 7) is 9.20. The number of aryl methyl sites for hydroxylation is 2. The first-order valence-corrected chi connectivity index (χ1v) is 22.0. The zero-order valence-corrected chi connectivity index (χ0v) is 36.7. The minimum Gasteiger partial charge on any atom is -0.657 e. The molecule has 1 radical (unpaired) electrons. The molecule has 0 amide bonds. The van der Waals surface area contributed by atoms with E-state index in [4.69, 9.17) is 14.1 Å². The Hall–Kier alpha value is -5.57. The van der Waals surface area contributed by atoms with Crippen LogP contribution in [0.3, 0.4) is 0 Å². The van der Waals surface area contributed by atoms with Crippen LogP contribution in [0.25, 0.3) is 21.8 Å². The minimum atomic E-state index is -1.42. The van der Waals surface area contributed by atoms with Crippen LogP contribution in [0, 0.1) is 27.9 Å². The van der Waals surface area contributed by atoms with Crippen molar-refractivity contribution in [3.05, 3.63) is 231 Å². The van der Waals surface area contributed by atoms with Crippen LogP contribution >= 0.6 is 7.92 Å². The third-order valence-corrected chi connectivity index (χ3v) is 14.5. The maximum absolute atomic E-state index is 5.03. The van der Waals surface area contributed by atoms with Gasteiger partial charge in [-0.3, -0.25) is 0 Å². The Balaban J connectivity index is 0.000000327. The van der Waals surface area contributed by atoms with Crippen molar-refractivity contribution in [3.8, 4) is 0 Å². The van der Waals surface area contributed by atoms with E-state index >= 15 is 0 Å². The molecule has 9 aromatic rings. The van der Waals surface area contributed by atoms with Crippen LogP contribution in [0.15, 0.2) is 206 Å². The van der Waals surface area contributed by atoms with Gasteiger partial charge in [0.1, 0.15) is 22.7 Å². The van der Waals surface area contributed by atoms with Crippen LogP contribution in [0.2, 0.25) is 0 Å². The van der Waals surface area contributed by atoms with Crippen molar-refractivity contribution in [1.29, 1.82) is 0 Å². The van der Waals surface area contributed by atoms with Gasteiger partial charge in [-0.15, -0.1) is 25.1 Å². The summed E-state index contributed by atoms with van der Waals surface area (Å²) in [7, 11) is 8.63. The second-order valence-corrected chi connectivity index (χ2v) is 18.8. The van der Waals surface area contributed by atoms with Gasteiger partial charge in [0, 0.05) is 29.2 Å². The fourth-order valence-electron chi connectivity index (χ4n) is 8.48. The third-order valence-electron chi connectivity index (χ3n) is 11.4. The standard InChI is InChI=1S/C43H43N2P.C12H8N.Cu/c1-33(2)46(42-31-34(3)27-29-40(42)44(5,36-19-11-7-12-20-36)37-21-13-8-14-22-37)43-32-35(4)28-30-41(43)45(6,38-23-15-9-16-24-38)39-25-17-10-18-26-39;1-3-7-11-9(5-1)10-6-2-4-8-12(10)13-11;/h7-33H,5-6H2,1-4H3;1-8H;/q;-1;/p+1. The summed E-state index contributed by atoms with van der Waals surface area (Å²) in [5.74, 6) is 0. The molecule has 0 aliphatic carbocycles. The monoisotopic (exact) mass is 848 g/mol. The number of para-hydroxylation sites is 6. The summed E-state index contributed by atoms with van der Waals surface area (Å²) in [6, 6.07) is 73.3. The molecule has 60 heavy (non-hydrogen) atoms. The molecule has 0 aliphatic rings. The summed E-state index contributed by atoms with van der Waals surface area (Å²) >= 11 is 0. The SMILES string of the molecule is [CH2-][N+](c1ccccc1)(c1ccccc1)c1ccc(C)cc1[PH+](c1cc(C)ccc1[N+]([CH2-])(c1ccccc1)c1ccccc1)C(C)C.[Cu].c1ccc2c(c1)[n-]c1ccccc12. The van der Waals surface area contributed by atoms with Crippen LogP contribution < -0.4 is 24.6 Å². The van der Waals surface area contributed by atoms with Crippen LogP contribution in [0.5, 0.6) is 0 Å². The second kappa shape index (κ2) is 18.4. The van der Waals surface area contributed by atoms with Crippen molar-refractivity contribution in [2.45, 2.75) is 33.4 Å². The van der Waals surface area contributed by atoms with Crippen LogP contribution in [-0.2, 0) is 17.1 Å². The quantitative estimate of drug-likeness (QED) is 0.0611. The number of fused-ring (bicyclic) bond motifs is 3. The van der Waals surface area contributed by atoms with E-state index in [1.165, 1.54) is 43.9 Å². The first-order valence-electron chi connectivity index (χ1n) is 20.4. The summed E-state index contributed by atoms with van der Waals surface area (Å²) in [4.78, 5) is 4.52. The zero-order valence-electron chi connectivity index (χ0n) is 34.8. The van der Waals surface area contributed by atoms with Gasteiger partial charge in [-0.2, -0.15) is 0 Å². The Morgan fingerprint density at radius 1 is 0.417 bits per heavy atom. The topological polar surface area (TPSA) is 14.1 Å². The largest absolute Gasteiger partial charge is 0.657 e. The molecule has 9 rings (SSSR count). The zero-order chi connectivity index (χ0) is 41.0. The van der Waals surface area contributed by atoms with Gasteiger partial charge in [0.05, 0.1) is 13.6 Å². The molecular formula is C55H52CuN3P. The number of benzene rings is 8. The molecule has 0 saturated heterocycles. The maximum atomic E-state index is 5.03. The van der Waals surface area contributed by atoms with E-state index in [0.29, 0.717) is 14.6 Å². The number of aromatic nitrogens is 1. The molecule has 0 fully saturated rings. The van der Waals surface area contributed by atoms with Gasteiger partial charge in [0.25, 0.3) is 0 Å². The molecule has 303 valence electrons. The number of hydrogen-bond donors (Lipinski definition) is 0. The molecule has 0 aliphatic heterocycles. The molecule has 0 saturated carbocycles. The number of nitrogens with zero attached hydrogens (tertiary/aromatic N) is 3. The van der Waals surface area contributed by atoms with E-state index in [1.54, 1.807) is 0 Å². The van der Waals surface area contributed by atoms with Gasteiger partial charge in [0.15, 0.2) is 22.0 Å². The molecule has 0 N–H and O–H groups in total. The van der Waals surface area contributed by atoms with Crippen molar-refractivity contribution < 1.29 is 17.1 Å². The molecule has 3 nitrogen and oxygen atoms in total. The molecular weight excluding hydrogens is 797 g/mol. The van der Waals surface area contributed by atoms with Gasteiger partial charge < -0.3 is 14.0 Å². The molecule has 1 aromatic heterocycles. The van der Waals surface area contributed by atoms with E-state index in [0.717, 1.165) is 33.8 Å². The van der Waals surface area contributed by atoms with Gasteiger partial charge in [-0.25, -0.2) is 0 Å². The van der Waals surface area contributed by atoms with Crippen LogP contribution in [-0.4, -0.2) is 5.66 Å². The van der Waals surface area contributed by atoms with Crippen molar-refractivity contribution in [2.24, 2.45) is 0 Å². The van der Waals surface area contributed by atoms with Crippen molar-refractivity contribution in [3.63, 3.8) is 0 Å². The second-order valence-electron chi connectivity index (χ2n) is 15.7. The van der Waals surface area contributed by atoms with Gasteiger partial charge in [-0.05, 0) is 110 Å². The van der Waals surface area contributed by atoms with E-state index in [-0.39, 0.29) is 17.1 Å². The number of rotatable bonds is 9.